The lowest BCUT2D eigenvalue weighted by Gasteiger charge is -2.22. The molecule has 0 bridgehead atoms. The Morgan fingerprint density at radius 1 is 1.33 bits per heavy atom. The summed E-state index contributed by atoms with van der Waals surface area (Å²) in [4.78, 5) is 16.1. The van der Waals surface area contributed by atoms with Crippen molar-refractivity contribution >= 4 is 12.1 Å². The van der Waals surface area contributed by atoms with Gasteiger partial charge in [-0.2, -0.15) is 0 Å². The molecule has 0 aliphatic rings. The summed E-state index contributed by atoms with van der Waals surface area (Å²) < 4.78 is 10.3. The Labute approximate surface area is 144 Å². The second kappa shape index (κ2) is 11.4. The first-order valence-electron chi connectivity index (χ1n) is 8.52. The number of rotatable bonds is 9. The number of amides is 1. The molecule has 1 aromatic rings. The van der Waals surface area contributed by atoms with Crippen LogP contribution in [0.4, 0.5) is 4.79 Å². The average Bonchev–Trinajstić information content (AvgIpc) is 3.03. The van der Waals surface area contributed by atoms with Crippen LogP contribution in [0, 0.1) is 5.92 Å². The molecule has 3 N–H and O–H groups in total. The van der Waals surface area contributed by atoms with Gasteiger partial charge in [0.15, 0.2) is 5.96 Å². The van der Waals surface area contributed by atoms with Gasteiger partial charge in [0.2, 0.25) is 0 Å². The highest BCUT2D eigenvalue weighted by Gasteiger charge is 2.15. The lowest BCUT2D eigenvalue weighted by Crippen LogP contribution is -2.47. The second-order valence-corrected chi connectivity index (χ2v) is 5.85. The summed E-state index contributed by atoms with van der Waals surface area (Å²) in [5, 5.41) is 9.34. The Balaban J connectivity index is 2.58. The van der Waals surface area contributed by atoms with E-state index in [2.05, 4.69) is 34.8 Å². The van der Waals surface area contributed by atoms with Crippen molar-refractivity contribution in [3.05, 3.63) is 24.2 Å². The van der Waals surface area contributed by atoms with Crippen molar-refractivity contribution in [2.24, 2.45) is 10.9 Å². The number of carbonyl (C=O) groups is 1. The fourth-order valence-electron chi connectivity index (χ4n) is 2.22. The van der Waals surface area contributed by atoms with Crippen molar-refractivity contribution in [2.45, 2.75) is 46.7 Å². The summed E-state index contributed by atoms with van der Waals surface area (Å²) in [5.74, 6) is 1.95. The number of alkyl carbamates (subject to hydrolysis) is 1. The van der Waals surface area contributed by atoms with Crippen molar-refractivity contribution in [3.8, 4) is 0 Å². The van der Waals surface area contributed by atoms with E-state index in [1.807, 2.05) is 19.1 Å². The molecular weight excluding hydrogens is 308 g/mol. The van der Waals surface area contributed by atoms with E-state index in [0.29, 0.717) is 31.6 Å². The summed E-state index contributed by atoms with van der Waals surface area (Å²) in [7, 11) is 0. The molecule has 24 heavy (non-hydrogen) atoms. The molecule has 1 amide bonds. The largest absolute Gasteiger partial charge is 0.467 e. The van der Waals surface area contributed by atoms with Gasteiger partial charge in [0.05, 0.1) is 12.9 Å². The van der Waals surface area contributed by atoms with Gasteiger partial charge in [-0.15, -0.1) is 0 Å². The Bertz CT molecular complexity index is 486. The lowest BCUT2D eigenvalue weighted by molar-refractivity contribution is 0.146. The number of hydrogen-bond acceptors (Lipinski definition) is 4. The van der Waals surface area contributed by atoms with E-state index in [4.69, 9.17) is 9.15 Å². The van der Waals surface area contributed by atoms with E-state index in [-0.39, 0.29) is 12.1 Å². The Morgan fingerprint density at radius 3 is 2.71 bits per heavy atom. The van der Waals surface area contributed by atoms with Gasteiger partial charge in [-0.25, -0.2) is 9.79 Å². The zero-order chi connectivity index (χ0) is 17.8. The molecule has 136 valence electrons. The summed E-state index contributed by atoms with van der Waals surface area (Å²) >= 11 is 0. The minimum absolute atomic E-state index is 0.0310. The number of guanidine groups is 1. The predicted molar refractivity (Wildman–Crippen MR) is 94.9 cm³/mol. The van der Waals surface area contributed by atoms with Crippen molar-refractivity contribution in [1.29, 1.82) is 0 Å². The fraction of sp³-hybridized carbons (Fsp3) is 0.647. The normalized spacial score (nSPS) is 12.8. The Hall–Kier alpha value is -2.18. The summed E-state index contributed by atoms with van der Waals surface area (Å²) in [6.45, 7) is 10.2. The molecule has 0 fully saturated rings. The van der Waals surface area contributed by atoms with Crippen LogP contribution in [0.5, 0.6) is 0 Å². The molecule has 1 aromatic heterocycles. The van der Waals surface area contributed by atoms with Crippen molar-refractivity contribution in [3.63, 3.8) is 0 Å². The van der Waals surface area contributed by atoms with Gasteiger partial charge in [-0.05, 0) is 38.3 Å². The van der Waals surface area contributed by atoms with Crippen molar-refractivity contribution < 1.29 is 13.9 Å². The van der Waals surface area contributed by atoms with E-state index >= 15 is 0 Å². The summed E-state index contributed by atoms with van der Waals surface area (Å²) in [6.07, 6.45) is 2.10. The lowest BCUT2D eigenvalue weighted by atomic mass is 10.0. The van der Waals surface area contributed by atoms with Crippen LogP contribution in [0.15, 0.2) is 27.8 Å². The van der Waals surface area contributed by atoms with E-state index < -0.39 is 0 Å². The van der Waals surface area contributed by atoms with Gasteiger partial charge >= 0.3 is 6.09 Å². The third-order valence-corrected chi connectivity index (χ3v) is 3.19. The molecule has 1 unspecified atom stereocenters. The molecule has 7 heteroatoms. The van der Waals surface area contributed by atoms with Gasteiger partial charge in [0.25, 0.3) is 0 Å². The van der Waals surface area contributed by atoms with Crippen LogP contribution in [-0.4, -0.2) is 37.8 Å². The number of nitrogens with zero attached hydrogens (tertiary/aromatic N) is 1. The van der Waals surface area contributed by atoms with Crippen LogP contribution >= 0.6 is 0 Å². The summed E-state index contributed by atoms with van der Waals surface area (Å²) in [5.41, 5.74) is 0. The van der Waals surface area contributed by atoms with Gasteiger partial charge in [-0.1, -0.05) is 13.8 Å². The highest BCUT2D eigenvalue weighted by molar-refractivity contribution is 5.79. The predicted octanol–water partition coefficient (Wildman–Crippen LogP) is 2.50. The second-order valence-electron chi connectivity index (χ2n) is 5.85. The van der Waals surface area contributed by atoms with Crippen LogP contribution in [0.25, 0.3) is 0 Å². The van der Waals surface area contributed by atoms with Crippen LogP contribution in [0.2, 0.25) is 0 Å². The van der Waals surface area contributed by atoms with Crippen LogP contribution in [0.1, 0.15) is 39.9 Å². The molecule has 1 rings (SSSR count). The van der Waals surface area contributed by atoms with Gasteiger partial charge in [0, 0.05) is 19.1 Å². The molecular formula is C17H30N4O3. The Kier molecular flexibility index (Phi) is 9.41. The maximum Gasteiger partial charge on any atom is 0.407 e. The molecule has 0 aliphatic carbocycles. The summed E-state index contributed by atoms with van der Waals surface area (Å²) in [6, 6.07) is 3.70. The molecule has 1 heterocycles. The van der Waals surface area contributed by atoms with Crippen molar-refractivity contribution in [2.75, 3.05) is 19.7 Å². The molecule has 0 radical (unpaired) electrons. The van der Waals surface area contributed by atoms with Gasteiger partial charge in [-0.3, -0.25) is 0 Å². The van der Waals surface area contributed by atoms with E-state index in [1.165, 1.54) is 0 Å². The molecule has 0 aliphatic heterocycles. The first-order chi connectivity index (χ1) is 11.5. The van der Waals surface area contributed by atoms with Crippen LogP contribution in [-0.2, 0) is 11.3 Å². The number of nitrogens with one attached hydrogen (secondary N) is 3. The third kappa shape index (κ3) is 8.45. The highest BCUT2D eigenvalue weighted by atomic mass is 16.5. The molecule has 0 saturated carbocycles. The van der Waals surface area contributed by atoms with Gasteiger partial charge in [0.1, 0.15) is 12.3 Å². The van der Waals surface area contributed by atoms with E-state index in [1.54, 1.807) is 13.2 Å². The average molecular weight is 338 g/mol. The standard InChI is InChI=1S/C17H30N4O3/c1-5-18-16(20-12-15-8-7-9-24-15)19-11-14(10-13(3)4)21-17(22)23-6-2/h7-9,13-14H,5-6,10-12H2,1-4H3,(H,21,22)(H2,18,19,20). The maximum absolute atomic E-state index is 11.7. The fourth-order valence-corrected chi connectivity index (χ4v) is 2.22. The van der Waals surface area contributed by atoms with E-state index in [0.717, 1.165) is 18.7 Å². The molecule has 0 spiro atoms. The minimum atomic E-state index is -0.387. The zero-order valence-corrected chi connectivity index (χ0v) is 15.1. The molecule has 1 atom stereocenters. The number of carbonyl (C=O) groups excluding carboxylic acids is 1. The number of ether oxygens (including phenoxy) is 1. The van der Waals surface area contributed by atoms with Crippen LogP contribution < -0.4 is 16.0 Å². The molecule has 7 nitrogen and oxygen atoms in total. The number of hydrogen-bond donors (Lipinski definition) is 3. The minimum Gasteiger partial charge on any atom is -0.467 e. The smallest absolute Gasteiger partial charge is 0.407 e. The molecule has 0 saturated heterocycles. The number of furan rings is 1. The maximum atomic E-state index is 11.7. The number of aliphatic imine (C=N–C) groups is 1. The topological polar surface area (TPSA) is 87.9 Å². The third-order valence-electron chi connectivity index (χ3n) is 3.19. The van der Waals surface area contributed by atoms with Crippen LogP contribution in [0.3, 0.4) is 0 Å². The zero-order valence-electron chi connectivity index (χ0n) is 15.1. The molecule has 0 aromatic carbocycles. The van der Waals surface area contributed by atoms with E-state index in [9.17, 15) is 4.79 Å². The SMILES string of the molecule is CCNC(=NCc1ccco1)NCC(CC(C)C)NC(=O)OCC. The van der Waals surface area contributed by atoms with Crippen molar-refractivity contribution in [1.82, 2.24) is 16.0 Å². The Morgan fingerprint density at radius 2 is 2.12 bits per heavy atom. The quantitative estimate of drug-likeness (QED) is 0.476. The monoisotopic (exact) mass is 338 g/mol. The first kappa shape index (κ1) is 19.9. The highest BCUT2D eigenvalue weighted by Crippen LogP contribution is 2.05. The first-order valence-corrected chi connectivity index (χ1v) is 8.52. The van der Waals surface area contributed by atoms with Gasteiger partial charge < -0.3 is 25.1 Å².